The Bertz CT molecular complexity index is 309. The maximum atomic E-state index is 7.14. The van der Waals surface area contributed by atoms with Crippen molar-refractivity contribution >= 4 is 11.5 Å². The van der Waals surface area contributed by atoms with Crippen molar-refractivity contribution < 1.29 is 4.74 Å². The lowest BCUT2D eigenvalue weighted by molar-refractivity contribution is 0.417. The van der Waals surface area contributed by atoms with Crippen molar-refractivity contribution in [3.63, 3.8) is 0 Å². The first-order valence-electron chi connectivity index (χ1n) is 3.43. The van der Waals surface area contributed by atoms with Gasteiger partial charge in [-0.3, -0.25) is 5.41 Å². The third-order valence-corrected chi connectivity index (χ3v) is 1.54. The van der Waals surface area contributed by atoms with Crippen molar-refractivity contribution in [3.05, 3.63) is 23.8 Å². The number of nitrogen functional groups attached to an aromatic ring is 2. The number of amidine groups is 1. The zero-order valence-corrected chi connectivity index (χ0v) is 6.79. The molecule has 0 aliphatic rings. The number of benzene rings is 1. The van der Waals surface area contributed by atoms with Crippen molar-refractivity contribution in [2.24, 2.45) is 5.73 Å². The average Bonchev–Trinajstić information content (AvgIpc) is 2.04. The molecule has 64 valence electrons. The van der Waals surface area contributed by atoms with Gasteiger partial charge in [0.1, 0.15) is 11.6 Å². The summed E-state index contributed by atoms with van der Waals surface area (Å²) in [5.74, 6) is 0.601. The highest BCUT2D eigenvalue weighted by Gasteiger charge is 2.01. The van der Waals surface area contributed by atoms with E-state index in [2.05, 4.69) is 0 Å². The second kappa shape index (κ2) is 3.13. The van der Waals surface area contributed by atoms with Crippen LogP contribution in [0.4, 0.5) is 5.69 Å². The van der Waals surface area contributed by atoms with E-state index in [1.54, 1.807) is 25.3 Å². The number of methoxy groups -OCH3 is 1. The summed E-state index contributed by atoms with van der Waals surface area (Å²) in [5, 5.41) is 7.14. The Morgan fingerprint density at radius 3 is 2.58 bits per heavy atom. The number of hydrogen-bond acceptors (Lipinski definition) is 3. The number of anilines is 1. The van der Waals surface area contributed by atoms with Crippen LogP contribution in [0.15, 0.2) is 18.2 Å². The standard InChI is InChI=1S/C8H11N3O/c1-12-7-3-2-5(8(10)11)4-6(7)9/h2-4H,9H2,1H3,(H3,10,11). The molecule has 0 saturated carbocycles. The fourth-order valence-corrected chi connectivity index (χ4v) is 0.902. The van der Waals surface area contributed by atoms with Crippen LogP contribution in [0.2, 0.25) is 0 Å². The maximum absolute atomic E-state index is 7.14. The fourth-order valence-electron chi connectivity index (χ4n) is 0.902. The van der Waals surface area contributed by atoms with E-state index in [1.165, 1.54) is 0 Å². The molecule has 0 unspecified atom stereocenters. The molecule has 4 heteroatoms. The second-order valence-electron chi connectivity index (χ2n) is 2.37. The maximum Gasteiger partial charge on any atom is 0.141 e. The lowest BCUT2D eigenvalue weighted by atomic mass is 10.2. The SMILES string of the molecule is COc1ccc(C(=N)N)cc1N. The molecule has 0 aliphatic carbocycles. The van der Waals surface area contributed by atoms with Gasteiger partial charge in [0, 0.05) is 5.56 Å². The molecule has 5 N–H and O–H groups in total. The molecule has 0 saturated heterocycles. The monoisotopic (exact) mass is 165 g/mol. The van der Waals surface area contributed by atoms with Crippen molar-refractivity contribution in [2.45, 2.75) is 0 Å². The summed E-state index contributed by atoms with van der Waals surface area (Å²) in [4.78, 5) is 0. The van der Waals surface area contributed by atoms with Crippen LogP contribution in [0.25, 0.3) is 0 Å². The van der Waals surface area contributed by atoms with E-state index in [9.17, 15) is 0 Å². The Morgan fingerprint density at radius 1 is 1.50 bits per heavy atom. The highest BCUT2D eigenvalue weighted by atomic mass is 16.5. The van der Waals surface area contributed by atoms with Crippen molar-refractivity contribution in [3.8, 4) is 5.75 Å². The van der Waals surface area contributed by atoms with Gasteiger partial charge in [-0.05, 0) is 18.2 Å². The lowest BCUT2D eigenvalue weighted by Gasteiger charge is -2.05. The van der Waals surface area contributed by atoms with Crippen LogP contribution in [-0.2, 0) is 0 Å². The zero-order chi connectivity index (χ0) is 9.14. The minimum Gasteiger partial charge on any atom is -0.495 e. The summed E-state index contributed by atoms with van der Waals surface area (Å²) in [7, 11) is 1.54. The minimum atomic E-state index is 0.00403. The Hall–Kier alpha value is -1.71. The third-order valence-electron chi connectivity index (χ3n) is 1.54. The van der Waals surface area contributed by atoms with E-state index in [0.717, 1.165) is 0 Å². The van der Waals surface area contributed by atoms with E-state index in [-0.39, 0.29) is 5.84 Å². The normalized spacial score (nSPS) is 9.42. The van der Waals surface area contributed by atoms with Gasteiger partial charge in [0.25, 0.3) is 0 Å². The van der Waals surface area contributed by atoms with Gasteiger partial charge in [0.2, 0.25) is 0 Å². The molecule has 0 spiro atoms. The Morgan fingerprint density at radius 2 is 2.17 bits per heavy atom. The molecule has 0 aliphatic heterocycles. The number of nitrogens with two attached hydrogens (primary N) is 2. The van der Waals surface area contributed by atoms with Gasteiger partial charge in [-0.2, -0.15) is 0 Å². The minimum absolute atomic E-state index is 0.00403. The molecule has 0 fully saturated rings. The van der Waals surface area contributed by atoms with Gasteiger partial charge in [0.15, 0.2) is 0 Å². The predicted molar refractivity (Wildman–Crippen MR) is 48.4 cm³/mol. The van der Waals surface area contributed by atoms with Gasteiger partial charge < -0.3 is 16.2 Å². The van der Waals surface area contributed by atoms with Crippen LogP contribution in [0.5, 0.6) is 5.75 Å². The van der Waals surface area contributed by atoms with E-state index in [4.69, 9.17) is 21.6 Å². The Balaban J connectivity index is 3.10. The Labute approximate surface area is 70.6 Å². The average molecular weight is 165 g/mol. The number of nitrogens with one attached hydrogen (secondary N) is 1. The van der Waals surface area contributed by atoms with E-state index in [0.29, 0.717) is 17.0 Å². The van der Waals surface area contributed by atoms with Crippen LogP contribution >= 0.6 is 0 Å². The highest BCUT2D eigenvalue weighted by molar-refractivity contribution is 5.96. The molecule has 12 heavy (non-hydrogen) atoms. The summed E-state index contributed by atoms with van der Waals surface area (Å²) in [5.41, 5.74) is 11.9. The van der Waals surface area contributed by atoms with Gasteiger partial charge in [-0.25, -0.2) is 0 Å². The van der Waals surface area contributed by atoms with Crippen molar-refractivity contribution in [2.75, 3.05) is 12.8 Å². The quantitative estimate of drug-likeness (QED) is 0.340. The molecule has 0 heterocycles. The Kier molecular flexibility index (Phi) is 2.19. The highest BCUT2D eigenvalue weighted by Crippen LogP contribution is 2.21. The van der Waals surface area contributed by atoms with Crippen LogP contribution in [0, 0.1) is 5.41 Å². The molecular formula is C8H11N3O. The molecule has 0 amide bonds. The molecule has 0 bridgehead atoms. The van der Waals surface area contributed by atoms with Gasteiger partial charge in [-0.15, -0.1) is 0 Å². The molecule has 0 atom stereocenters. The van der Waals surface area contributed by atoms with Crippen molar-refractivity contribution in [1.29, 1.82) is 5.41 Å². The van der Waals surface area contributed by atoms with E-state index < -0.39 is 0 Å². The molecule has 1 aromatic rings. The van der Waals surface area contributed by atoms with Crippen molar-refractivity contribution in [1.82, 2.24) is 0 Å². The summed E-state index contributed by atoms with van der Waals surface area (Å²) in [6.07, 6.45) is 0. The summed E-state index contributed by atoms with van der Waals surface area (Å²) >= 11 is 0. The zero-order valence-electron chi connectivity index (χ0n) is 6.79. The first kappa shape index (κ1) is 8.39. The topological polar surface area (TPSA) is 85.1 Å². The third kappa shape index (κ3) is 1.47. The van der Waals surface area contributed by atoms with Crippen LogP contribution in [0.1, 0.15) is 5.56 Å². The molecule has 0 aromatic heterocycles. The van der Waals surface area contributed by atoms with Crippen LogP contribution in [-0.4, -0.2) is 12.9 Å². The molecule has 4 nitrogen and oxygen atoms in total. The largest absolute Gasteiger partial charge is 0.495 e. The lowest BCUT2D eigenvalue weighted by Crippen LogP contribution is -2.11. The predicted octanol–water partition coefficient (Wildman–Crippen LogP) is 0.561. The van der Waals surface area contributed by atoms with Gasteiger partial charge in [-0.1, -0.05) is 0 Å². The fraction of sp³-hybridized carbons (Fsp3) is 0.125. The van der Waals surface area contributed by atoms with Gasteiger partial charge >= 0.3 is 0 Å². The molecular weight excluding hydrogens is 154 g/mol. The number of hydrogen-bond donors (Lipinski definition) is 3. The summed E-state index contributed by atoms with van der Waals surface area (Å²) in [6.45, 7) is 0. The van der Waals surface area contributed by atoms with Crippen LogP contribution in [0.3, 0.4) is 0 Å². The molecule has 0 radical (unpaired) electrons. The summed E-state index contributed by atoms with van der Waals surface area (Å²) < 4.78 is 4.94. The van der Waals surface area contributed by atoms with E-state index >= 15 is 0 Å². The smallest absolute Gasteiger partial charge is 0.141 e. The van der Waals surface area contributed by atoms with Gasteiger partial charge in [0.05, 0.1) is 12.8 Å². The number of ether oxygens (including phenoxy) is 1. The van der Waals surface area contributed by atoms with E-state index in [1.807, 2.05) is 0 Å². The second-order valence-corrected chi connectivity index (χ2v) is 2.37. The molecule has 1 rings (SSSR count). The van der Waals surface area contributed by atoms with Crippen LogP contribution < -0.4 is 16.2 Å². The first-order chi connectivity index (χ1) is 5.65. The first-order valence-corrected chi connectivity index (χ1v) is 3.43. The summed E-state index contributed by atoms with van der Waals surface area (Å²) in [6, 6.07) is 4.99. The molecule has 1 aromatic carbocycles. The number of rotatable bonds is 2.